The standard InChI is InChI=1S/C13H23N3/c1-16-11-10-15-13(16)14-9-8-12-6-4-2-3-5-7-12/h6H,2-5,7-11H2,1H3,(H,14,15). The van der Waals surface area contributed by atoms with Gasteiger partial charge >= 0.3 is 0 Å². The van der Waals surface area contributed by atoms with Crippen molar-refractivity contribution < 1.29 is 0 Å². The third kappa shape index (κ3) is 3.26. The molecule has 0 saturated carbocycles. The lowest BCUT2D eigenvalue weighted by molar-refractivity contribution is 0.534. The monoisotopic (exact) mass is 221 g/mol. The van der Waals surface area contributed by atoms with Crippen molar-refractivity contribution in [3.05, 3.63) is 11.6 Å². The van der Waals surface area contributed by atoms with E-state index in [2.05, 4.69) is 28.3 Å². The van der Waals surface area contributed by atoms with E-state index in [0.29, 0.717) is 0 Å². The minimum Gasteiger partial charge on any atom is -0.356 e. The molecule has 0 bridgehead atoms. The van der Waals surface area contributed by atoms with E-state index >= 15 is 0 Å². The number of aliphatic imine (C=N–C) groups is 1. The quantitative estimate of drug-likeness (QED) is 0.740. The first-order valence-electron chi connectivity index (χ1n) is 6.53. The third-order valence-electron chi connectivity index (χ3n) is 3.42. The predicted molar refractivity (Wildman–Crippen MR) is 68.7 cm³/mol. The highest BCUT2D eigenvalue weighted by Crippen LogP contribution is 2.19. The summed E-state index contributed by atoms with van der Waals surface area (Å²) in [5.41, 5.74) is 1.64. The number of likely N-dealkylation sites (N-methyl/N-ethyl adjacent to an activating group) is 1. The first-order chi connectivity index (χ1) is 7.86. The Hall–Kier alpha value is -0.990. The fourth-order valence-electron chi connectivity index (χ4n) is 2.37. The first-order valence-corrected chi connectivity index (χ1v) is 6.53. The van der Waals surface area contributed by atoms with E-state index in [1.54, 1.807) is 5.57 Å². The van der Waals surface area contributed by atoms with Gasteiger partial charge in [-0.2, -0.15) is 0 Å². The molecule has 0 aromatic rings. The molecule has 1 N–H and O–H groups in total. The number of hydrogen-bond donors (Lipinski definition) is 1. The molecule has 0 aromatic carbocycles. The van der Waals surface area contributed by atoms with Crippen LogP contribution < -0.4 is 5.32 Å². The molecule has 2 aliphatic rings. The van der Waals surface area contributed by atoms with E-state index in [0.717, 1.165) is 25.6 Å². The highest BCUT2D eigenvalue weighted by molar-refractivity contribution is 5.81. The van der Waals surface area contributed by atoms with Crippen LogP contribution in [0.3, 0.4) is 0 Å². The van der Waals surface area contributed by atoms with Crippen molar-refractivity contribution in [2.24, 2.45) is 4.99 Å². The molecule has 3 heteroatoms. The summed E-state index contributed by atoms with van der Waals surface area (Å²) >= 11 is 0. The van der Waals surface area contributed by atoms with Gasteiger partial charge in [-0.3, -0.25) is 4.99 Å². The number of hydrogen-bond acceptors (Lipinski definition) is 3. The van der Waals surface area contributed by atoms with Gasteiger partial charge in [0.15, 0.2) is 5.96 Å². The number of nitrogens with one attached hydrogen (secondary N) is 1. The normalized spacial score (nSPS) is 21.4. The lowest BCUT2D eigenvalue weighted by Gasteiger charge is -2.15. The largest absolute Gasteiger partial charge is 0.356 e. The smallest absolute Gasteiger partial charge is 0.193 e. The van der Waals surface area contributed by atoms with Crippen LogP contribution in [0.1, 0.15) is 38.5 Å². The van der Waals surface area contributed by atoms with Gasteiger partial charge in [0, 0.05) is 20.1 Å². The van der Waals surface area contributed by atoms with E-state index < -0.39 is 0 Å². The average molecular weight is 221 g/mol. The van der Waals surface area contributed by atoms with Crippen LogP contribution in [0.5, 0.6) is 0 Å². The predicted octanol–water partition coefficient (Wildman–Crippen LogP) is 2.16. The molecule has 0 unspecified atom stereocenters. The van der Waals surface area contributed by atoms with Gasteiger partial charge < -0.3 is 10.2 Å². The Kier molecular flexibility index (Phi) is 4.25. The van der Waals surface area contributed by atoms with Crippen LogP contribution in [0.2, 0.25) is 0 Å². The summed E-state index contributed by atoms with van der Waals surface area (Å²) in [6.45, 7) is 3.04. The third-order valence-corrected chi connectivity index (χ3v) is 3.42. The van der Waals surface area contributed by atoms with Crippen molar-refractivity contribution in [3.8, 4) is 0 Å². The molecule has 1 heterocycles. The van der Waals surface area contributed by atoms with Gasteiger partial charge in [0.05, 0.1) is 6.54 Å². The summed E-state index contributed by atoms with van der Waals surface area (Å²) in [7, 11) is 2.10. The molecular weight excluding hydrogens is 198 g/mol. The van der Waals surface area contributed by atoms with Gasteiger partial charge in [0.2, 0.25) is 0 Å². The average Bonchev–Trinajstić information content (AvgIpc) is 2.55. The molecule has 90 valence electrons. The summed E-state index contributed by atoms with van der Waals surface area (Å²) in [6, 6.07) is 0. The number of rotatable bonds is 3. The highest BCUT2D eigenvalue weighted by Gasteiger charge is 2.11. The Morgan fingerprint density at radius 1 is 1.38 bits per heavy atom. The van der Waals surface area contributed by atoms with Gasteiger partial charge in [0.1, 0.15) is 0 Å². The molecular formula is C13H23N3. The second kappa shape index (κ2) is 5.92. The first kappa shape index (κ1) is 11.5. The minimum absolute atomic E-state index is 0.946. The Bertz CT molecular complexity index is 281. The maximum atomic E-state index is 4.43. The Morgan fingerprint density at radius 3 is 3.12 bits per heavy atom. The topological polar surface area (TPSA) is 27.6 Å². The van der Waals surface area contributed by atoms with Crippen molar-refractivity contribution in [1.29, 1.82) is 0 Å². The van der Waals surface area contributed by atoms with Gasteiger partial charge in [0.25, 0.3) is 0 Å². The van der Waals surface area contributed by atoms with Crippen LogP contribution >= 0.6 is 0 Å². The molecule has 0 amide bonds. The minimum atomic E-state index is 0.946. The number of guanidine groups is 1. The molecule has 3 nitrogen and oxygen atoms in total. The molecule has 0 aromatic heterocycles. The van der Waals surface area contributed by atoms with E-state index in [4.69, 9.17) is 0 Å². The van der Waals surface area contributed by atoms with Gasteiger partial charge in [-0.25, -0.2) is 0 Å². The van der Waals surface area contributed by atoms with Crippen molar-refractivity contribution in [1.82, 2.24) is 10.2 Å². The van der Waals surface area contributed by atoms with Gasteiger partial charge in [-0.15, -0.1) is 0 Å². The molecule has 1 aliphatic heterocycles. The zero-order valence-corrected chi connectivity index (χ0v) is 10.3. The summed E-state index contributed by atoms with van der Waals surface area (Å²) in [5, 5.41) is 3.43. The number of allylic oxidation sites excluding steroid dienone is 1. The van der Waals surface area contributed by atoms with Crippen LogP contribution in [-0.4, -0.2) is 37.5 Å². The summed E-state index contributed by atoms with van der Waals surface area (Å²) in [6.07, 6.45) is 10.4. The maximum Gasteiger partial charge on any atom is 0.193 e. The number of nitrogens with zero attached hydrogens (tertiary/aromatic N) is 2. The van der Waals surface area contributed by atoms with Crippen LogP contribution in [0.4, 0.5) is 0 Å². The zero-order chi connectivity index (χ0) is 11.2. The van der Waals surface area contributed by atoms with Crippen molar-refractivity contribution in [2.45, 2.75) is 38.5 Å². The molecule has 0 spiro atoms. The summed E-state index contributed by atoms with van der Waals surface area (Å²) in [4.78, 5) is 6.63. The molecule has 2 rings (SSSR count). The summed E-state index contributed by atoms with van der Waals surface area (Å²) in [5.74, 6) is 1.08. The molecule has 0 radical (unpaired) electrons. The molecule has 16 heavy (non-hydrogen) atoms. The molecule has 1 aliphatic carbocycles. The van der Waals surface area contributed by atoms with Crippen LogP contribution in [0, 0.1) is 0 Å². The van der Waals surface area contributed by atoms with E-state index in [9.17, 15) is 0 Å². The van der Waals surface area contributed by atoms with Crippen LogP contribution in [0.25, 0.3) is 0 Å². The van der Waals surface area contributed by atoms with Gasteiger partial charge in [-0.1, -0.05) is 18.1 Å². The summed E-state index contributed by atoms with van der Waals surface area (Å²) < 4.78 is 0. The maximum absolute atomic E-state index is 4.43. The van der Waals surface area contributed by atoms with Crippen LogP contribution in [-0.2, 0) is 0 Å². The second-order valence-electron chi connectivity index (χ2n) is 4.77. The van der Waals surface area contributed by atoms with E-state index in [-0.39, 0.29) is 0 Å². The second-order valence-corrected chi connectivity index (χ2v) is 4.77. The fraction of sp³-hybridized carbons (Fsp3) is 0.769. The lowest BCUT2D eigenvalue weighted by Crippen LogP contribution is -2.36. The van der Waals surface area contributed by atoms with E-state index in [1.807, 2.05) is 0 Å². The Labute approximate surface area is 98.6 Å². The van der Waals surface area contributed by atoms with Crippen molar-refractivity contribution in [2.75, 3.05) is 26.7 Å². The molecule has 0 atom stereocenters. The van der Waals surface area contributed by atoms with E-state index in [1.165, 1.54) is 38.5 Å². The zero-order valence-electron chi connectivity index (χ0n) is 10.3. The molecule has 0 saturated heterocycles. The van der Waals surface area contributed by atoms with Crippen LogP contribution in [0.15, 0.2) is 16.6 Å². The Balaban J connectivity index is 1.69. The molecule has 0 fully saturated rings. The van der Waals surface area contributed by atoms with Crippen molar-refractivity contribution in [3.63, 3.8) is 0 Å². The van der Waals surface area contributed by atoms with Crippen molar-refractivity contribution >= 4 is 5.96 Å². The van der Waals surface area contributed by atoms with Gasteiger partial charge in [-0.05, 0) is 32.1 Å². The lowest BCUT2D eigenvalue weighted by atomic mass is 10.1. The Morgan fingerprint density at radius 2 is 2.31 bits per heavy atom. The fourth-order valence-corrected chi connectivity index (χ4v) is 2.37. The SMILES string of the molecule is CN1CCN=C1NCCC1=CCCCCC1. The highest BCUT2D eigenvalue weighted by atomic mass is 15.3.